The molecule has 0 saturated carbocycles. The van der Waals surface area contributed by atoms with Crippen LogP contribution in [0.25, 0.3) is 16.6 Å². The first-order valence-electron chi connectivity index (χ1n) is 14.2. The number of hydrogen-bond acceptors (Lipinski definition) is 5. The van der Waals surface area contributed by atoms with Gasteiger partial charge in [-0.1, -0.05) is 6.92 Å². The standard InChI is InChI=1S/C32H38N6O3/c1-6-7-30(39)27-18-33-38(23(27)4)25-10-8-24(9-11-25)34-32(41)28-19-37(29-17-22(3)21(2)16-26(28)29)20-31(40)36-14-12-35(5)13-15-36/h8-11,16-19H,6-7,12-15,20H2,1-5H3,(H,34,41). The highest BCUT2D eigenvalue weighted by Crippen LogP contribution is 2.27. The average Bonchev–Trinajstić information content (AvgIpc) is 3.50. The van der Waals surface area contributed by atoms with Gasteiger partial charge in [0.2, 0.25) is 5.91 Å². The second kappa shape index (κ2) is 11.7. The summed E-state index contributed by atoms with van der Waals surface area (Å²) in [5.41, 5.74) is 6.48. The molecule has 214 valence electrons. The molecule has 0 spiro atoms. The molecule has 0 aliphatic carbocycles. The predicted molar refractivity (Wildman–Crippen MR) is 161 cm³/mol. The van der Waals surface area contributed by atoms with Gasteiger partial charge >= 0.3 is 0 Å². The minimum absolute atomic E-state index is 0.0595. The number of likely N-dealkylation sites (N-methyl/N-ethyl adjacent to an activating group) is 1. The van der Waals surface area contributed by atoms with Crippen molar-refractivity contribution in [3.05, 3.63) is 76.7 Å². The van der Waals surface area contributed by atoms with Crippen molar-refractivity contribution in [2.75, 3.05) is 38.5 Å². The van der Waals surface area contributed by atoms with Crippen molar-refractivity contribution < 1.29 is 14.4 Å². The van der Waals surface area contributed by atoms with Gasteiger partial charge in [0.1, 0.15) is 6.54 Å². The van der Waals surface area contributed by atoms with Gasteiger partial charge in [-0.05, 0) is 81.8 Å². The number of benzene rings is 2. The lowest BCUT2D eigenvalue weighted by Gasteiger charge is -2.32. The number of carbonyl (C=O) groups excluding carboxylic acids is 3. The summed E-state index contributed by atoms with van der Waals surface area (Å²) in [4.78, 5) is 43.2. The van der Waals surface area contributed by atoms with Crippen LogP contribution in [-0.2, 0) is 11.3 Å². The van der Waals surface area contributed by atoms with Crippen molar-refractivity contribution in [2.24, 2.45) is 0 Å². The van der Waals surface area contributed by atoms with Crippen molar-refractivity contribution in [2.45, 2.75) is 47.1 Å². The first kappa shape index (κ1) is 28.3. The molecule has 0 radical (unpaired) electrons. The maximum absolute atomic E-state index is 13.5. The van der Waals surface area contributed by atoms with Gasteiger partial charge in [0.25, 0.3) is 5.91 Å². The Kier molecular flexibility index (Phi) is 8.08. The molecular formula is C32H38N6O3. The molecular weight excluding hydrogens is 516 g/mol. The third kappa shape index (κ3) is 5.81. The molecule has 1 aliphatic heterocycles. The minimum Gasteiger partial charge on any atom is -0.339 e. The smallest absolute Gasteiger partial charge is 0.257 e. The van der Waals surface area contributed by atoms with E-state index in [4.69, 9.17) is 0 Å². The van der Waals surface area contributed by atoms with E-state index in [-0.39, 0.29) is 24.1 Å². The molecule has 9 heteroatoms. The number of ketones is 1. The van der Waals surface area contributed by atoms with Crippen LogP contribution in [0.3, 0.4) is 0 Å². The first-order chi connectivity index (χ1) is 19.7. The van der Waals surface area contributed by atoms with E-state index in [9.17, 15) is 14.4 Å². The summed E-state index contributed by atoms with van der Waals surface area (Å²) < 4.78 is 3.64. The quantitative estimate of drug-likeness (QED) is 0.317. The molecule has 41 heavy (non-hydrogen) atoms. The van der Waals surface area contributed by atoms with Gasteiger partial charge in [-0.25, -0.2) is 4.68 Å². The molecule has 1 saturated heterocycles. The van der Waals surface area contributed by atoms with Crippen molar-refractivity contribution in [1.82, 2.24) is 24.1 Å². The van der Waals surface area contributed by atoms with Crippen LogP contribution in [0.15, 0.2) is 48.8 Å². The van der Waals surface area contributed by atoms with Crippen LogP contribution in [0.5, 0.6) is 0 Å². The van der Waals surface area contributed by atoms with Crippen LogP contribution < -0.4 is 5.32 Å². The number of piperazine rings is 1. The molecule has 4 aromatic rings. The van der Waals surface area contributed by atoms with Crippen molar-refractivity contribution in [3.8, 4) is 5.69 Å². The Labute approximate surface area is 240 Å². The normalized spacial score (nSPS) is 14.0. The van der Waals surface area contributed by atoms with Gasteiger partial charge in [0, 0.05) is 55.4 Å². The molecule has 0 unspecified atom stereocenters. The lowest BCUT2D eigenvalue weighted by atomic mass is 10.0. The average molecular weight is 555 g/mol. The topological polar surface area (TPSA) is 92.5 Å². The fraction of sp³-hybridized carbons (Fsp3) is 0.375. The number of rotatable bonds is 8. The molecule has 9 nitrogen and oxygen atoms in total. The molecule has 2 amide bonds. The summed E-state index contributed by atoms with van der Waals surface area (Å²) >= 11 is 0. The Morgan fingerprint density at radius 1 is 0.927 bits per heavy atom. The van der Waals surface area contributed by atoms with Crippen molar-refractivity contribution in [1.29, 1.82) is 0 Å². The van der Waals surface area contributed by atoms with E-state index in [1.807, 2.05) is 67.5 Å². The van der Waals surface area contributed by atoms with Gasteiger partial charge in [-0.15, -0.1) is 0 Å². The Balaban J connectivity index is 1.37. The number of Topliss-reactive ketones (excluding diaryl/α,β-unsaturated/α-hetero) is 1. The summed E-state index contributed by atoms with van der Waals surface area (Å²) in [6, 6.07) is 11.5. The van der Waals surface area contributed by atoms with E-state index >= 15 is 0 Å². The van der Waals surface area contributed by atoms with Crippen LogP contribution in [0.2, 0.25) is 0 Å². The zero-order valence-corrected chi connectivity index (χ0v) is 24.5. The summed E-state index contributed by atoms with van der Waals surface area (Å²) in [5.74, 6) is -0.0845. The van der Waals surface area contributed by atoms with E-state index in [0.717, 1.165) is 52.9 Å². The fourth-order valence-electron chi connectivity index (χ4n) is 5.35. The van der Waals surface area contributed by atoms with Crippen LogP contribution in [-0.4, -0.2) is 75.0 Å². The maximum Gasteiger partial charge on any atom is 0.257 e. The van der Waals surface area contributed by atoms with E-state index in [1.54, 1.807) is 17.1 Å². The van der Waals surface area contributed by atoms with Gasteiger partial charge in [-0.2, -0.15) is 5.10 Å². The van der Waals surface area contributed by atoms with E-state index in [1.165, 1.54) is 0 Å². The second-order valence-electron chi connectivity index (χ2n) is 11.0. The molecule has 0 bridgehead atoms. The Morgan fingerprint density at radius 3 is 2.29 bits per heavy atom. The van der Waals surface area contributed by atoms with Crippen LogP contribution in [0.1, 0.15) is 57.3 Å². The second-order valence-corrected chi connectivity index (χ2v) is 11.0. The summed E-state index contributed by atoms with van der Waals surface area (Å²) in [7, 11) is 2.07. The molecule has 1 N–H and O–H groups in total. The van der Waals surface area contributed by atoms with E-state index in [0.29, 0.717) is 36.3 Å². The number of hydrogen-bond donors (Lipinski definition) is 1. The fourth-order valence-corrected chi connectivity index (χ4v) is 5.35. The number of amides is 2. The summed E-state index contributed by atoms with van der Waals surface area (Å²) in [6.07, 6.45) is 4.71. The third-order valence-electron chi connectivity index (χ3n) is 8.06. The molecule has 1 fully saturated rings. The Hall–Kier alpha value is -4.24. The number of nitrogens with one attached hydrogen (secondary N) is 1. The van der Waals surface area contributed by atoms with Crippen molar-refractivity contribution >= 4 is 34.2 Å². The summed E-state index contributed by atoms with van der Waals surface area (Å²) in [5, 5.41) is 8.25. The molecule has 0 atom stereocenters. The zero-order valence-electron chi connectivity index (χ0n) is 24.5. The lowest BCUT2D eigenvalue weighted by molar-refractivity contribution is -0.133. The Bertz CT molecular complexity index is 1610. The zero-order chi connectivity index (χ0) is 29.3. The molecule has 2 aromatic heterocycles. The predicted octanol–water partition coefficient (Wildman–Crippen LogP) is 4.76. The lowest BCUT2D eigenvalue weighted by Crippen LogP contribution is -2.48. The Morgan fingerprint density at radius 2 is 1.61 bits per heavy atom. The monoisotopic (exact) mass is 554 g/mol. The molecule has 5 rings (SSSR count). The van der Waals surface area contributed by atoms with Crippen LogP contribution in [0.4, 0.5) is 5.69 Å². The van der Waals surface area contributed by atoms with Gasteiger partial charge < -0.3 is 19.7 Å². The highest BCUT2D eigenvalue weighted by Gasteiger charge is 2.22. The number of carbonyl (C=O) groups is 3. The highest BCUT2D eigenvalue weighted by molar-refractivity contribution is 6.13. The van der Waals surface area contributed by atoms with Crippen LogP contribution in [0, 0.1) is 20.8 Å². The minimum atomic E-state index is -0.237. The largest absolute Gasteiger partial charge is 0.339 e. The SMILES string of the molecule is CCCC(=O)c1cnn(-c2ccc(NC(=O)c3cn(CC(=O)N4CCN(C)CC4)c4cc(C)c(C)cc34)cc2)c1C. The summed E-state index contributed by atoms with van der Waals surface area (Å²) in [6.45, 7) is 11.3. The third-order valence-corrected chi connectivity index (χ3v) is 8.06. The van der Waals surface area contributed by atoms with E-state index in [2.05, 4.69) is 28.4 Å². The first-order valence-corrected chi connectivity index (χ1v) is 14.2. The number of fused-ring (bicyclic) bond motifs is 1. The van der Waals surface area contributed by atoms with Gasteiger partial charge in [0.05, 0.1) is 28.7 Å². The number of aromatic nitrogens is 3. The number of nitrogens with zero attached hydrogens (tertiary/aromatic N) is 5. The van der Waals surface area contributed by atoms with E-state index < -0.39 is 0 Å². The maximum atomic E-state index is 13.5. The molecule has 3 heterocycles. The number of aryl methyl sites for hydroxylation is 2. The number of anilines is 1. The van der Waals surface area contributed by atoms with Gasteiger partial charge in [-0.3, -0.25) is 14.4 Å². The van der Waals surface area contributed by atoms with Crippen LogP contribution >= 0.6 is 0 Å². The van der Waals surface area contributed by atoms with Crippen molar-refractivity contribution in [3.63, 3.8) is 0 Å². The molecule has 1 aliphatic rings. The highest BCUT2D eigenvalue weighted by atomic mass is 16.2. The molecule has 2 aromatic carbocycles. The van der Waals surface area contributed by atoms with Gasteiger partial charge in [0.15, 0.2) is 5.78 Å².